The number of nitrogens with zero attached hydrogens (tertiary/aromatic N) is 3. The number of carbonyl (C=O) groups excluding carboxylic acids is 1. The van der Waals surface area contributed by atoms with Crippen molar-refractivity contribution in [2.75, 3.05) is 6.54 Å². The van der Waals surface area contributed by atoms with Crippen LogP contribution in [0.2, 0.25) is 0 Å². The first kappa shape index (κ1) is 23.0. The van der Waals surface area contributed by atoms with Crippen molar-refractivity contribution in [1.29, 1.82) is 0 Å². The molecule has 0 spiro atoms. The molecular formula is C27H32FN3O2. The van der Waals surface area contributed by atoms with Crippen LogP contribution in [-0.4, -0.2) is 27.1 Å². The molecule has 0 saturated heterocycles. The molecular weight excluding hydrogens is 417 g/mol. The zero-order valence-electron chi connectivity index (χ0n) is 19.8. The summed E-state index contributed by atoms with van der Waals surface area (Å²) in [6.07, 6.45) is 2.31. The topological polar surface area (TPSA) is 47.4 Å². The summed E-state index contributed by atoms with van der Waals surface area (Å²) in [5.41, 5.74) is 2.50. The number of para-hydroxylation sites is 2. The lowest BCUT2D eigenvalue weighted by molar-refractivity contribution is -0.135. The van der Waals surface area contributed by atoms with Gasteiger partial charge in [0.05, 0.1) is 23.5 Å². The fourth-order valence-electron chi connectivity index (χ4n) is 3.94. The third-order valence-corrected chi connectivity index (χ3v) is 5.89. The molecule has 1 fully saturated rings. The lowest BCUT2D eigenvalue weighted by Crippen LogP contribution is -2.35. The third-order valence-electron chi connectivity index (χ3n) is 5.89. The third kappa shape index (κ3) is 5.27. The summed E-state index contributed by atoms with van der Waals surface area (Å²) in [5, 5.41) is 4.89. The molecule has 2 aromatic carbocycles. The second kappa shape index (κ2) is 9.77. The molecule has 0 N–H and O–H groups in total. The van der Waals surface area contributed by atoms with Gasteiger partial charge in [0.1, 0.15) is 0 Å². The lowest BCUT2D eigenvalue weighted by atomic mass is 10.0. The second-order valence-electron chi connectivity index (χ2n) is 9.42. The fourth-order valence-corrected chi connectivity index (χ4v) is 3.94. The highest BCUT2D eigenvalue weighted by molar-refractivity contribution is 5.78. The first-order chi connectivity index (χ1) is 15.8. The molecule has 1 amide bonds. The van der Waals surface area contributed by atoms with Crippen LogP contribution < -0.4 is 4.74 Å². The van der Waals surface area contributed by atoms with E-state index in [9.17, 15) is 9.18 Å². The molecule has 1 aromatic heterocycles. The number of aromatic nitrogens is 2. The van der Waals surface area contributed by atoms with Crippen molar-refractivity contribution in [3.63, 3.8) is 0 Å². The van der Waals surface area contributed by atoms with Gasteiger partial charge in [0.15, 0.2) is 11.6 Å². The van der Waals surface area contributed by atoms with E-state index in [-0.39, 0.29) is 23.5 Å². The van der Waals surface area contributed by atoms with E-state index >= 15 is 0 Å². The van der Waals surface area contributed by atoms with Crippen molar-refractivity contribution in [3.05, 3.63) is 71.7 Å². The van der Waals surface area contributed by atoms with E-state index in [0.29, 0.717) is 18.3 Å². The van der Waals surface area contributed by atoms with Crippen molar-refractivity contribution < 1.29 is 13.9 Å². The van der Waals surface area contributed by atoms with Crippen molar-refractivity contribution in [1.82, 2.24) is 14.7 Å². The number of amides is 1. The number of halogens is 1. The number of carbonyl (C=O) groups is 1. The molecule has 0 atom stereocenters. The summed E-state index contributed by atoms with van der Waals surface area (Å²) in [6.45, 7) is 9.11. The molecule has 33 heavy (non-hydrogen) atoms. The fraction of sp³-hybridized carbons (Fsp3) is 0.407. The molecule has 0 unspecified atom stereocenters. The Morgan fingerprint density at radius 2 is 1.76 bits per heavy atom. The molecule has 1 heterocycles. The Labute approximate surface area is 195 Å². The van der Waals surface area contributed by atoms with Crippen LogP contribution >= 0.6 is 0 Å². The van der Waals surface area contributed by atoms with Crippen LogP contribution in [-0.2, 0) is 11.3 Å². The maximum atomic E-state index is 14.6. The highest BCUT2D eigenvalue weighted by Gasteiger charge is 2.31. The Bertz CT molecular complexity index is 1100. The van der Waals surface area contributed by atoms with E-state index in [0.717, 1.165) is 36.3 Å². The van der Waals surface area contributed by atoms with E-state index in [4.69, 9.17) is 9.84 Å². The monoisotopic (exact) mass is 449 g/mol. The molecule has 0 aliphatic heterocycles. The van der Waals surface area contributed by atoms with E-state index in [2.05, 4.69) is 13.8 Å². The summed E-state index contributed by atoms with van der Waals surface area (Å²) < 4.78 is 22.5. The van der Waals surface area contributed by atoms with Crippen molar-refractivity contribution in [2.24, 2.45) is 11.8 Å². The van der Waals surface area contributed by atoms with Crippen molar-refractivity contribution >= 4 is 5.91 Å². The highest BCUT2D eigenvalue weighted by Crippen LogP contribution is 2.37. The standard InChI is InChI=1S/C27H32FN3O2/c1-18(2)25-22(17-30(16-20-14-15-20)26(32)19(3)4)27(33-24-13-9-8-12-23(24)28)31(29-25)21-10-6-5-7-11-21/h5-13,18-20H,14-17H2,1-4H3. The first-order valence-electron chi connectivity index (χ1n) is 11.7. The normalized spacial score (nSPS) is 13.5. The van der Waals surface area contributed by atoms with Crippen molar-refractivity contribution in [3.8, 4) is 17.3 Å². The van der Waals surface area contributed by atoms with E-state index in [1.807, 2.05) is 49.1 Å². The number of benzene rings is 2. The second-order valence-corrected chi connectivity index (χ2v) is 9.42. The average Bonchev–Trinajstić information content (AvgIpc) is 3.55. The maximum absolute atomic E-state index is 14.6. The summed E-state index contributed by atoms with van der Waals surface area (Å²) in [5.74, 6) is 0.804. The smallest absolute Gasteiger partial charge is 0.228 e. The summed E-state index contributed by atoms with van der Waals surface area (Å²) in [6, 6.07) is 16.0. The SMILES string of the molecule is CC(C)C(=O)N(Cc1c(C(C)C)nn(-c2ccccc2)c1Oc1ccccc1F)CC1CC1. The van der Waals surface area contributed by atoms with Gasteiger partial charge in [-0.3, -0.25) is 4.79 Å². The van der Waals surface area contributed by atoms with Gasteiger partial charge in [-0.25, -0.2) is 9.07 Å². The molecule has 3 aromatic rings. The van der Waals surface area contributed by atoms with Gasteiger partial charge in [-0.15, -0.1) is 0 Å². The summed E-state index contributed by atoms with van der Waals surface area (Å²) in [7, 11) is 0. The van der Waals surface area contributed by atoms with Gasteiger partial charge in [0, 0.05) is 12.5 Å². The van der Waals surface area contributed by atoms with E-state index in [1.54, 1.807) is 22.9 Å². The van der Waals surface area contributed by atoms with Crippen LogP contribution in [0.1, 0.15) is 57.7 Å². The Balaban J connectivity index is 1.83. The molecule has 5 nitrogen and oxygen atoms in total. The largest absolute Gasteiger partial charge is 0.435 e. The van der Waals surface area contributed by atoms with Gasteiger partial charge in [-0.2, -0.15) is 5.10 Å². The maximum Gasteiger partial charge on any atom is 0.228 e. The van der Waals surface area contributed by atoms with Crippen LogP contribution in [0.5, 0.6) is 11.6 Å². The van der Waals surface area contributed by atoms with Gasteiger partial charge in [0.25, 0.3) is 0 Å². The number of hydrogen-bond acceptors (Lipinski definition) is 3. The van der Waals surface area contributed by atoms with Gasteiger partial charge in [0.2, 0.25) is 11.8 Å². The Morgan fingerprint density at radius 3 is 2.36 bits per heavy atom. The average molecular weight is 450 g/mol. The molecule has 0 radical (unpaired) electrons. The number of rotatable bonds is 9. The zero-order chi connectivity index (χ0) is 23.5. The van der Waals surface area contributed by atoms with Crippen LogP contribution in [0.4, 0.5) is 4.39 Å². The molecule has 1 aliphatic rings. The lowest BCUT2D eigenvalue weighted by Gasteiger charge is -2.25. The highest BCUT2D eigenvalue weighted by atomic mass is 19.1. The predicted molar refractivity (Wildman–Crippen MR) is 127 cm³/mol. The molecule has 4 rings (SSSR count). The van der Waals surface area contributed by atoms with Crippen LogP contribution in [0.3, 0.4) is 0 Å². The van der Waals surface area contributed by atoms with Crippen molar-refractivity contribution in [2.45, 2.75) is 53.0 Å². The molecule has 1 saturated carbocycles. The minimum Gasteiger partial charge on any atom is -0.435 e. The zero-order valence-corrected chi connectivity index (χ0v) is 19.8. The Hall–Kier alpha value is -3.15. The van der Waals surface area contributed by atoms with Gasteiger partial charge >= 0.3 is 0 Å². The molecule has 0 bridgehead atoms. The summed E-state index contributed by atoms with van der Waals surface area (Å²) in [4.78, 5) is 15.0. The minimum absolute atomic E-state index is 0.102. The van der Waals surface area contributed by atoms with Crippen LogP contribution in [0, 0.1) is 17.7 Å². The summed E-state index contributed by atoms with van der Waals surface area (Å²) >= 11 is 0. The Morgan fingerprint density at radius 1 is 1.09 bits per heavy atom. The minimum atomic E-state index is -0.441. The number of ether oxygens (including phenoxy) is 1. The molecule has 174 valence electrons. The van der Waals surface area contributed by atoms with Gasteiger partial charge in [-0.1, -0.05) is 58.0 Å². The predicted octanol–water partition coefficient (Wildman–Crippen LogP) is 6.32. The van der Waals surface area contributed by atoms with Gasteiger partial charge < -0.3 is 9.64 Å². The molecule has 6 heteroatoms. The number of hydrogen-bond donors (Lipinski definition) is 0. The quantitative estimate of drug-likeness (QED) is 0.384. The van der Waals surface area contributed by atoms with E-state index in [1.165, 1.54) is 6.07 Å². The van der Waals surface area contributed by atoms with Crippen LogP contribution in [0.25, 0.3) is 5.69 Å². The van der Waals surface area contributed by atoms with E-state index < -0.39 is 5.82 Å². The first-order valence-corrected chi connectivity index (χ1v) is 11.7. The molecule has 1 aliphatic carbocycles. The van der Waals surface area contributed by atoms with Crippen LogP contribution in [0.15, 0.2) is 54.6 Å². The Kier molecular flexibility index (Phi) is 6.82. The van der Waals surface area contributed by atoms with Gasteiger partial charge in [-0.05, 0) is 48.9 Å².